The molecule has 1 aromatic rings. The van der Waals surface area contributed by atoms with Gasteiger partial charge < -0.3 is 5.32 Å². The highest BCUT2D eigenvalue weighted by atomic mass is 79.9. The number of nitrogens with zero attached hydrogens (tertiary/aromatic N) is 1. The Bertz CT molecular complexity index is 574. The van der Waals surface area contributed by atoms with Gasteiger partial charge in [0.25, 0.3) is 0 Å². The van der Waals surface area contributed by atoms with E-state index in [0.717, 1.165) is 0 Å². The van der Waals surface area contributed by atoms with Crippen molar-refractivity contribution in [2.45, 2.75) is 17.9 Å². The molecular weight excluding hydrogens is 410 g/mol. The number of benzene rings is 1. The first-order valence-corrected chi connectivity index (χ1v) is 8.69. The van der Waals surface area contributed by atoms with E-state index in [4.69, 9.17) is 23.2 Å². The highest BCUT2D eigenvalue weighted by Crippen LogP contribution is 2.34. The SMILES string of the molecule is CC1CN(S(=O)(=O)c2c(Cl)cc(Br)cc2Cl)CCN1.Cl. The summed E-state index contributed by atoms with van der Waals surface area (Å²) in [6.45, 7) is 3.37. The van der Waals surface area contributed by atoms with Gasteiger partial charge in [-0.3, -0.25) is 0 Å². The second-order valence-corrected chi connectivity index (χ2v) is 8.02. The van der Waals surface area contributed by atoms with Gasteiger partial charge in [0.1, 0.15) is 4.90 Å². The predicted molar refractivity (Wildman–Crippen MR) is 87.6 cm³/mol. The van der Waals surface area contributed by atoms with Crippen LogP contribution in [0.4, 0.5) is 0 Å². The van der Waals surface area contributed by atoms with Crippen molar-refractivity contribution in [3.8, 4) is 0 Å². The number of halogens is 4. The molecule has 1 saturated heterocycles. The lowest BCUT2D eigenvalue weighted by atomic mass is 10.3. The fourth-order valence-corrected chi connectivity index (χ4v) is 5.43. The fourth-order valence-electron chi connectivity index (χ4n) is 2.02. The predicted octanol–water partition coefficient (Wildman–Crippen LogP) is 3.16. The summed E-state index contributed by atoms with van der Waals surface area (Å²) in [6, 6.07) is 3.18. The maximum atomic E-state index is 12.6. The Morgan fingerprint density at radius 3 is 2.40 bits per heavy atom. The van der Waals surface area contributed by atoms with E-state index in [9.17, 15) is 8.42 Å². The fraction of sp³-hybridized carbons (Fsp3) is 0.455. The first-order valence-electron chi connectivity index (χ1n) is 5.70. The summed E-state index contributed by atoms with van der Waals surface area (Å²) in [5.41, 5.74) is 0. The van der Waals surface area contributed by atoms with Gasteiger partial charge in [0, 0.05) is 30.1 Å². The lowest BCUT2D eigenvalue weighted by molar-refractivity contribution is 0.310. The Hall–Kier alpha value is 0.440. The van der Waals surface area contributed by atoms with Crippen LogP contribution in [0.25, 0.3) is 0 Å². The summed E-state index contributed by atoms with van der Waals surface area (Å²) in [4.78, 5) is -0.0202. The van der Waals surface area contributed by atoms with E-state index < -0.39 is 10.0 Å². The number of piperazine rings is 1. The second-order valence-electron chi connectivity index (χ2n) is 4.42. The smallest absolute Gasteiger partial charge is 0.246 e. The van der Waals surface area contributed by atoms with Crippen LogP contribution in [-0.4, -0.2) is 38.4 Å². The lowest BCUT2D eigenvalue weighted by Crippen LogP contribution is -2.51. The number of sulfonamides is 1. The zero-order valence-corrected chi connectivity index (χ0v) is 15.3. The van der Waals surface area contributed by atoms with Gasteiger partial charge >= 0.3 is 0 Å². The van der Waals surface area contributed by atoms with E-state index in [1.165, 1.54) is 16.4 Å². The second kappa shape index (κ2) is 7.13. The molecule has 1 heterocycles. The highest BCUT2D eigenvalue weighted by Gasteiger charge is 2.32. The first kappa shape index (κ1) is 18.5. The maximum Gasteiger partial charge on any atom is 0.246 e. The average Bonchev–Trinajstić information content (AvgIpc) is 2.26. The van der Waals surface area contributed by atoms with E-state index >= 15 is 0 Å². The molecule has 1 atom stereocenters. The molecule has 1 fully saturated rings. The number of hydrogen-bond donors (Lipinski definition) is 1. The molecule has 0 spiro atoms. The standard InChI is InChI=1S/C11H13BrCl2N2O2S.ClH/c1-7-6-16(3-2-15-7)19(17,18)11-9(13)4-8(12)5-10(11)14;/h4-5,7,15H,2-3,6H2,1H3;1H. The molecule has 1 aliphatic rings. The van der Waals surface area contributed by atoms with Crippen molar-refractivity contribution in [1.82, 2.24) is 9.62 Å². The molecule has 2 rings (SSSR count). The molecule has 20 heavy (non-hydrogen) atoms. The summed E-state index contributed by atoms with van der Waals surface area (Å²) in [6.07, 6.45) is 0. The quantitative estimate of drug-likeness (QED) is 0.794. The summed E-state index contributed by atoms with van der Waals surface area (Å²) in [5, 5.41) is 3.45. The number of nitrogens with one attached hydrogen (secondary N) is 1. The molecule has 1 aromatic carbocycles. The molecule has 1 N–H and O–H groups in total. The van der Waals surface area contributed by atoms with Crippen LogP contribution in [0.15, 0.2) is 21.5 Å². The van der Waals surface area contributed by atoms with Crippen LogP contribution in [0.5, 0.6) is 0 Å². The molecule has 0 radical (unpaired) electrons. The van der Waals surface area contributed by atoms with Crippen molar-refractivity contribution in [2.24, 2.45) is 0 Å². The van der Waals surface area contributed by atoms with Crippen LogP contribution in [0.2, 0.25) is 10.0 Å². The zero-order chi connectivity index (χ0) is 14.2. The summed E-state index contributed by atoms with van der Waals surface area (Å²) < 4.78 is 27.3. The summed E-state index contributed by atoms with van der Waals surface area (Å²) >= 11 is 15.3. The van der Waals surface area contributed by atoms with Gasteiger partial charge in [-0.15, -0.1) is 12.4 Å². The normalized spacial score (nSPS) is 20.5. The van der Waals surface area contributed by atoms with E-state index in [0.29, 0.717) is 24.1 Å². The molecule has 0 aliphatic carbocycles. The van der Waals surface area contributed by atoms with Gasteiger partial charge in [-0.2, -0.15) is 4.31 Å². The van der Waals surface area contributed by atoms with Crippen LogP contribution in [-0.2, 0) is 10.0 Å². The van der Waals surface area contributed by atoms with Crippen molar-refractivity contribution in [1.29, 1.82) is 0 Å². The highest BCUT2D eigenvalue weighted by molar-refractivity contribution is 9.10. The van der Waals surface area contributed by atoms with E-state index in [2.05, 4.69) is 21.2 Å². The number of rotatable bonds is 2. The van der Waals surface area contributed by atoms with Crippen molar-refractivity contribution in [2.75, 3.05) is 19.6 Å². The van der Waals surface area contributed by atoms with Crippen LogP contribution >= 0.6 is 51.5 Å². The Morgan fingerprint density at radius 2 is 1.90 bits per heavy atom. The van der Waals surface area contributed by atoms with E-state index in [1.54, 1.807) is 0 Å². The third kappa shape index (κ3) is 3.80. The largest absolute Gasteiger partial charge is 0.312 e. The maximum absolute atomic E-state index is 12.6. The Labute approximate surface area is 143 Å². The van der Waals surface area contributed by atoms with Crippen LogP contribution < -0.4 is 5.32 Å². The van der Waals surface area contributed by atoms with Crippen molar-refractivity contribution in [3.63, 3.8) is 0 Å². The van der Waals surface area contributed by atoms with Crippen LogP contribution in [0.1, 0.15) is 6.92 Å². The molecule has 0 amide bonds. The molecule has 0 bridgehead atoms. The van der Waals surface area contributed by atoms with Gasteiger partial charge in [-0.1, -0.05) is 39.1 Å². The third-order valence-corrected chi connectivity index (χ3v) is 6.14. The van der Waals surface area contributed by atoms with Gasteiger partial charge in [0.05, 0.1) is 10.0 Å². The molecule has 114 valence electrons. The molecule has 4 nitrogen and oxygen atoms in total. The third-order valence-electron chi connectivity index (χ3n) is 2.89. The van der Waals surface area contributed by atoms with Crippen molar-refractivity contribution in [3.05, 3.63) is 26.7 Å². The minimum Gasteiger partial charge on any atom is -0.312 e. The number of hydrogen-bond acceptors (Lipinski definition) is 3. The minimum atomic E-state index is -3.66. The van der Waals surface area contributed by atoms with Gasteiger partial charge in [0.2, 0.25) is 10.0 Å². The molecule has 0 saturated carbocycles. The van der Waals surface area contributed by atoms with Crippen LogP contribution in [0.3, 0.4) is 0 Å². The van der Waals surface area contributed by atoms with Gasteiger partial charge in [-0.05, 0) is 19.1 Å². The van der Waals surface area contributed by atoms with Crippen molar-refractivity contribution >= 4 is 61.6 Å². The topological polar surface area (TPSA) is 49.4 Å². The Kier molecular flexibility index (Phi) is 6.59. The lowest BCUT2D eigenvalue weighted by Gasteiger charge is -2.31. The molecule has 1 unspecified atom stereocenters. The molecule has 1 aliphatic heterocycles. The monoisotopic (exact) mass is 422 g/mol. The minimum absolute atomic E-state index is 0. The first-order chi connectivity index (χ1) is 8.82. The van der Waals surface area contributed by atoms with E-state index in [-0.39, 0.29) is 33.4 Å². The zero-order valence-electron chi connectivity index (χ0n) is 10.6. The van der Waals surface area contributed by atoms with Crippen LogP contribution in [0, 0.1) is 0 Å². The Balaban J connectivity index is 0.00000200. The van der Waals surface area contributed by atoms with E-state index in [1.807, 2.05) is 6.92 Å². The summed E-state index contributed by atoms with van der Waals surface area (Å²) in [7, 11) is -3.66. The molecule has 9 heteroatoms. The average molecular weight is 425 g/mol. The Morgan fingerprint density at radius 1 is 1.35 bits per heavy atom. The van der Waals surface area contributed by atoms with Gasteiger partial charge in [-0.25, -0.2) is 8.42 Å². The molecular formula is C11H14BrCl3N2O2S. The van der Waals surface area contributed by atoms with Gasteiger partial charge in [0.15, 0.2) is 0 Å². The van der Waals surface area contributed by atoms with Crippen molar-refractivity contribution < 1.29 is 8.42 Å². The molecule has 0 aromatic heterocycles. The summed E-state index contributed by atoms with van der Waals surface area (Å²) in [5.74, 6) is 0.